The molecule has 1 aromatic carbocycles. The van der Waals surface area contributed by atoms with Gasteiger partial charge in [0.15, 0.2) is 0 Å². The molecule has 6 rings (SSSR count). The molecule has 50 heavy (non-hydrogen) atoms. The largest absolute Gasteiger partial charge is 0.496 e. The van der Waals surface area contributed by atoms with Crippen molar-refractivity contribution in [3.63, 3.8) is 0 Å². The van der Waals surface area contributed by atoms with Crippen LogP contribution < -0.4 is 9.64 Å². The number of hydrogen-bond donors (Lipinski definition) is 1. The molecule has 10 heteroatoms. The highest BCUT2D eigenvalue weighted by atomic mass is 16.6. The normalized spacial score (nSPS) is 23.8. The summed E-state index contributed by atoms with van der Waals surface area (Å²) in [5.41, 5.74) is 3.81. The minimum Gasteiger partial charge on any atom is -0.496 e. The smallest absolute Gasteiger partial charge is 0.410 e. The molecule has 0 unspecified atom stereocenters. The predicted molar refractivity (Wildman–Crippen MR) is 194 cm³/mol. The van der Waals surface area contributed by atoms with Crippen molar-refractivity contribution in [1.29, 1.82) is 0 Å². The summed E-state index contributed by atoms with van der Waals surface area (Å²) < 4.78 is 13.3. The number of rotatable bonds is 9. The molecule has 3 aromatic rings. The lowest BCUT2D eigenvalue weighted by atomic mass is 9.78. The molecule has 0 bridgehead atoms. The number of ether oxygens (including phenoxy) is 2. The van der Waals surface area contributed by atoms with Crippen molar-refractivity contribution in [1.82, 2.24) is 19.7 Å². The lowest BCUT2D eigenvalue weighted by Crippen LogP contribution is -2.46. The van der Waals surface area contributed by atoms with Gasteiger partial charge in [0.25, 0.3) is 0 Å². The van der Waals surface area contributed by atoms with Crippen LogP contribution in [0.3, 0.4) is 0 Å². The van der Waals surface area contributed by atoms with Crippen LogP contribution in [-0.2, 0) is 9.53 Å². The molecule has 0 radical (unpaired) electrons. The SMILES string of the molecule is COc1ccc(C2CCC(CN(C(=O)C3CCC(OC(=O)N4CCC(C)(O)CC4)CC3)c3cc(-c4cnn(C(C)C)c4)ccn3)CC2)cc1C. The highest BCUT2D eigenvalue weighted by Gasteiger charge is 2.36. The van der Waals surface area contributed by atoms with Crippen molar-refractivity contribution in [3.05, 3.63) is 60.0 Å². The van der Waals surface area contributed by atoms with E-state index < -0.39 is 5.60 Å². The molecule has 3 aliphatic rings. The number of benzene rings is 1. The third-order valence-electron chi connectivity index (χ3n) is 11.3. The second-order valence-electron chi connectivity index (χ2n) is 15.4. The van der Waals surface area contributed by atoms with E-state index in [4.69, 9.17) is 14.5 Å². The molecule has 2 saturated carbocycles. The third kappa shape index (κ3) is 8.50. The highest BCUT2D eigenvalue weighted by molar-refractivity contribution is 5.94. The maximum Gasteiger partial charge on any atom is 0.410 e. The van der Waals surface area contributed by atoms with Crippen LogP contribution in [0.15, 0.2) is 48.9 Å². The van der Waals surface area contributed by atoms with E-state index in [2.05, 4.69) is 44.1 Å². The number of carbonyl (C=O) groups excluding carboxylic acids is 2. The topological polar surface area (TPSA) is 110 Å². The first kappa shape index (κ1) is 35.9. The van der Waals surface area contributed by atoms with Gasteiger partial charge in [-0.25, -0.2) is 9.78 Å². The number of nitrogens with zero attached hydrogens (tertiary/aromatic N) is 5. The number of carbonyl (C=O) groups is 2. The van der Waals surface area contributed by atoms with Crippen molar-refractivity contribution in [2.24, 2.45) is 11.8 Å². The molecule has 3 heterocycles. The van der Waals surface area contributed by atoms with Gasteiger partial charge in [-0.05, 0) is 139 Å². The van der Waals surface area contributed by atoms with Gasteiger partial charge in [0, 0.05) is 49.6 Å². The molecule has 0 spiro atoms. The van der Waals surface area contributed by atoms with Crippen LogP contribution in [0.4, 0.5) is 10.6 Å². The molecule has 1 aliphatic heterocycles. The fourth-order valence-corrected chi connectivity index (χ4v) is 7.94. The summed E-state index contributed by atoms with van der Waals surface area (Å²) in [6.07, 6.45) is 13.3. The van der Waals surface area contributed by atoms with Crippen LogP contribution >= 0.6 is 0 Å². The first-order valence-electron chi connectivity index (χ1n) is 18.6. The summed E-state index contributed by atoms with van der Waals surface area (Å²) in [4.78, 5) is 35.8. The summed E-state index contributed by atoms with van der Waals surface area (Å²) in [5.74, 6) is 2.46. The number of likely N-dealkylation sites (tertiary alicyclic amines) is 1. The van der Waals surface area contributed by atoms with Crippen molar-refractivity contribution in [3.8, 4) is 16.9 Å². The number of anilines is 1. The summed E-state index contributed by atoms with van der Waals surface area (Å²) in [6, 6.07) is 10.8. The zero-order valence-electron chi connectivity index (χ0n) is 30.5. The maximum atomic E-state index is 14.5. The monoisotopic (exact) mass is 685 g/mol. The first-order valence-corrected chi connectivity index (χ1v) is 18.6. The van der Waals surface area contributed by atoms with Gasteiger partial charge in [0.1, 0.15) is 17.7 Å². The Hall–Kier alpha value is -3.92. The van der Waals surface area contributed by atoms with E-state index in [1.807, 2.05) is 41.0 Å². The zero-order chi connectivity index (χ0) is 35.4. The van der Waals surface area contributed by atoms with E-state index in [0.717, 1.165) is 42.6 Å². The van der Waals surface area contributed by atoms with Gasteiger partial charge >= 0.3 is 6.09 Å². The van der Waals surface area contributed by atoms with Crippen molar-refractivity contribution in [2.45, 2.75) is 116 Å². The number of methoxy groups -OCH3 is 1. The summed E-state index contributed by atoms with van der Waals surface area (Å²) in [5, 5.41) is 14.8. The Kier molecular flexibility index (Phi) is 11.2. The molecule has 2 aromatic heterocycles. The average Bonchev–Trinajstić information content (AvgIpc) is 3.62. The van der Waals surface area contributed by atoms with Gasteiger partial charge in [-0.15, -0.1) is 0 Å². The van der Waals surface area contributed by atoms with Gasteiger partial charge in [0.2, 0.25) is 5.91 Å². The Morgan fingerprint density at radius 1 is 1.00 bits per heavy atom. The van der Waals surface area contributed by atoms with E-state index in [1.165, 1.54) is 11.1 Å². The highest BCUT2D eigenvalue weighted by Crippen LogP contribution is 2.39. The van der Waals surface area contributed by atoms with Crippen LogP contribution in [0.2, 0.25) is 0 Å². The predicted octanol–water partition coefficient (Wildman–Crippen LogP) is 7.69. The number of amides is 2. The fourth-order valence-electron chi connectivity index (χ4n) is 7.94. The number of aliphatic hydroxyl groups is 1. The molecule has 270 valence electrons. The van der Waals surface area contributed by atoms with Crippen molar-refractivity contribution < 1.29 is 24.2 Å². The van der Waals surface area contributed by atoms with Crippen LogP contribution in [0.5, 0.6) is 5.75 Å². The molecule has 0 atom stereocenters. The molecule has 2 aliphatic carbocycles. The van der Waals surface area contributed by atoms with Gasteiger partial charge in [-0.3, -0.25) is 14.4 Å². The average molecular weight is 686 g/mol. The van der Waals surface area contributed by atoms with Gasteiger partial charge in [-0.1, -0.05) is 12.1 Å². The maximum absolute atomic E-state index is 14.5. The van der Waals surface area contributed by atoms with Crippen molar-refractivity contribution >= 4 is 17.8 Å². The lowest BCUT2D eigenvalue weighted by Gasteiger charge is -2.37. The minimum atomic E-state index is -0.722. The van der Waals surface area contributed by atoms with E-state index in [0.29, 0.717) is 75.8 Å². The van der Waals surface area contributed by atoms with E-state index in [1.54, 1.807) is 18.2 Å². The zero-order valence-corrected chi connectivity index (χ0v) is 30.5. The Balaban J connectivity index is 1.13. The van der Waals surface area contributed by atoms with Crippen LogP contribution in [0.25, 0.3) is 11.1 Å². The number of aryl methyl sites for hydroxylation is 1. The summed E-state index contributed by atoms with van der Waals surface area (Å²) >= 11 is 0. The molecular weight excluding hydrogens is 630 g/mol. The summed E-state index contributed by atoms with van der Waals surface area (Å²) in [7, 11) is 1.72. The molecule has 1 saturated heterocycles. The third-order valence-corrected chi connectivity index (χ3v) is 11.3. The quantitative estimate of drug-likeness (QED) is 0.246. The Labute approximate surface area is 297 Å². The number of hydrogen-bond acceptors (Lipinski definition) is 7. The lowest BCUT2D eigenvalue weighted by molar-refractivity contribution is -0.124. The second-order valence-corrected chi connectivity index (χ2v) is 15.4. The standard InChI is InChI=1S/C40H55N5O5/c1-27(2)45-26-34(24-42-45)33-16-19-41-37(23-33)44(25-29-6-8-30(9-7-29)32-12-15-36(49-5)28(3)22-32)38(46)31-10-13-35(14-11-31)50-39(47)43-20-17-40(4,48)18-21-43/h12,15-16,19,22-24,26-27,29-31,35,48H,6-11,13-14,17-18,20-21,25H2,1-5H3. The summed E-state index contributed by atoms with van der Waals surface area (Å²) in [6.45, 7) is 9.77. The number of aromatic nitrogens is 3. The van der Waals surface area contributed by atoms with Gasteiger partial charge in [0.05, 0.1) is 18.9 Å². The Bertz CT molecular complexity index is 1610. The number of pyridine rings is 1. The van der Waals surface area contributed by atoms with Crippen LogP contribution in [0, 0.1) is 18.8 Å². The molecule has 2 amide bonds. The van der Waals surface area contributed by atoms with E-state index in [-0.39, 0.29) is 30.1 Å². The van der Waals surface area contributed by atoms with Crippen molar-refractivity contribution in [2.75, 3.05) is 31.6 Å². The van der Waals surface area contributed by atoms with Crippen LogP contribution in [0.1, 0.15) is 108 Å². The molecule has 3 fully saturated rings. The van der Waals surface area contributed by atoms with Gasteiger partial charge < -0.3 is 19.5 Å². The van der Waals surface area contributed by atoms with Crippen LogP contribution in [-0.4, -0.2) is 75.2 Å². The second kappa shape index (κ2) is 15.5. The molecule has 10 nitrogen and oxygen atoms in total. The number of piperidine rings is 1. The van der Waals surface area contributed by atoms with E-state index in [9.17, 15) is 14.7 Å². The first-order chi connectivity index (χ1) is 24.0. The fraction of sp³-hybridized carbons (Fsp3) is 0.600. The van der Waals surface area contributed by atoms with E-state index >= 15 is 0 Å². The molecular formula is C40H55N5O5. The Morgan fingerprint density at radius 3 is 2.36 bits per heavy atom. The Morgan fingerprint density at radius 2 is 1.72 bits per heavy atom. The minimum absolute atomic E-state index is 0.114. The molecule has 1 N–H and O–H groups in total. The van der Waals surface area contributed by atoms with Gasteiger partial charge in [-0.2, -0.15) is 5.10 Å².